The molecule has 108 valence electrons. The lowest BCUT2D eigenvalue weighted by atomic mass is 10.2. The molecule has 0 spiro atoms. The van der Waals surface area contributed by atoms with Crippen molar-refractivity contribution in [1.82, 2.24) is 18.7 Å². The first-order valence-corrected chi connectivity index (χ1v) is 5.81. The molecule has 0 aromatic carbocycles. The Bertz CT molecular complexity index is 1030. The molecule has 0 fully saturated rings. The standard InChI is InChI=1S/C13H18N4O3/c1-9(18)6-4-5-7-17-12(19)10-11(14-8-15(10)2)16(3)13(17)20/h8H,4-7H2,1-3H3/i1D3,2D3,6D2. The second kappa shape index (κ2) is 5.44. The molecule has 20 heavy (non-hydrogen) atoms. The van der Waals surface area contributed by atoms with Gasteiger partial charge in [-0.05, 0) is 19.7 Å². The van der Waals surface area contributed by atoms with E-state index < -0.39 is 43.7 Å². The lowest BCUT2D eigenvalue weighted by Crippen LogP contribution is -2.39. The Morgan fingerprint density at radius 2 is 2.25 bits per heavy atom. The van der Waals surface area contributed by atoms with Gasteiger partial charge in [0.2, 0.25) is 0 Å². The zero-order valence-corrected chi connectivity index (χ0v) is 10.7. The summed E-state index contributed by atoms with van der Waals surface area (Å²) in [6.45, 7) is -6.14. The highest BCUT2D eigenvalue weighted by molar-refractivity contribution is 5.75. The first-order chi connectivity index (χ1) is 12.6. The summed E-state index contributed by atoms with van der Waals surface area (Å²) in [4.78, 5) is 40.5. The van der Waals surface area contributed by atoms with Crippen LogP contribution in [0.5, 0.6) is 0 Å². The third-order valence-corrected chi connectivity index (χ3v) is 2.88. The molecule has 0 aliphatic carbocycles. The highest BCUT2D eigenvalue weighted by Crippen LogP contribution is 2.04. The number of hydrogen-bond donors (Lipinski definition) is 0. The molecule has 0 aliphatic heterocycles. The number of rotatable bonds is 5. The van der Waals surface area contributed by atoms with Crippen LogP contribution in [0.15, 0.2) is 15.9 Å². The van der Waals surface area contributed by atoms with Gasteiger partial charge in [0.15, 0.2) is 11.2 Å². The molecule has 7 nitrogen and oxygen atoms in total. The zero-order chi connectivity index (χ0) is 21.7. The predicted molar refractivity (Wildman–Crippen MR) is 74.7 cm³/mol. The number of aromatic nitrogens is 4. The minimum absolute atomic E-state index is 0.115. The lowest BCUT2D eigenvalue weighted by molar-refractivity contribution is -0.117. The van der Waals surface area contributed by atoms with Crippen LogP contribution in [0.25, 0.3) is 11.2 Å². The molecular formula is C13H18N4O3. The molecule has 0 saturated carbocycles. The number of nitrogens with zero attached hydrogens (tertiary/aromatic N) is 4. The highest BCUT2D eigenvalue weighted by atomic mass is 16.2. The molecule has 0 aliphatic rings. The fourth-order valence-corrected chi connectivity index (χ4v) is 1.91. The van der Waals surface area contributed by atoms with Gasteiger partial charge in [-0.15, -0.1) is 0 Å². The molecule has 2 rings (SSSR count). The SMILES string of the molecule is [2H]C([2H])([2H])C(=O)C([2H])([2H])CCCn1c(=O)c2c(ncn2C([2H])([2H])[2H])n(C)c1=O. The van der Waals surface area contributed by atoms with Crippen molar-refractivity contribution in [3.8, 4) is 0 Å². The van der Waals surface area contributed by atoms with Gasteiger partial charge in [-0.2, -0.15) is 0 Å². The van der Waals surface area contributed by atoms with Gasteiger partial charge in [-0.3, -0.25) is 13.9 Å². The normalized spacial score (nSPS) is 19.1. The summed E-state index contributed by atoms with van der Waals surface area (Å²) < 4.78 is 61.1. The Kier molecular flexibility index (Phi) is 1.91. The number of carbonyl (C=O) groups excluding carboxylic acids is 1. The first-order valence-electron chi connectivity index (χ1n) is 9.81. The van der Waals surface area contributed by atoms with Crippen LogP contribution in [0.2, 0.25) is 0 Å². The Morgan fingerprint density at radius 1 is 1.45 bits per heavy atom. The summed E-state index contributed by atoms with van der Waals surface area (Å²) in [7, 11) is 1.30. The van der Waals surface area contributed by atoms with E-state index in [4.69, 9.17) is 11.0 Å². The van der Waals surface area contributed by atoms with Crippen molar-refractivity contribution in [2.24, 2.45) is 14.0 Å². The van der Waals surface area contributed by atoms with Crippen LogP contribution >= 0.6 is 0 Å². The Hall–Kier alpha value is -2.18. The number of hydrogen-bond acceptors (Lipinski definition) is 4. The number of fused-ring (bicyclic) bond motifs is 1. The van der Waals surface area contributed by atoms with E-state index in [1.165, 1.54) is 7.05 Å². The van der Waals surface area contributed by atoms with Crippen LogP contribution in [0.1, 0.15) is 37.0 Å². The van der Waals surface area contributed by atoms with Crippen LogP contribution in [-0.2, 0) is 25.4 Å². The molecule has 2 aromatic heterocycles. The van der Waals surface area contributed by atoms with Crippen molar-refractivity contribution >= 4 is 16.9 Å². The Balaban J connectivity index is 2.40. The van der Waals surface area contributed by atoms with E-state index in [0.29, 0.717) is 9.13 Å². The van der Waals surface area contributed by atoms with E-state index in [-0.39, 0.29) is 24.1 Å². The van der Waals surface area contributed by atoms with E-state index in [2.05, 4.69) is 4.98 Å². The van der Waals surface area contributed by atoms with Crippen LogP contribution in [-0.4, -0.2) is 24.5 Å². The van der Waals surface area contributed by atoms with Gasteiger partial charge in [-0.1, -0.05) is 0 Å². The van der Waals surface area contributed by atoms with Gasteiger partial charge in [-0.25, -0.2) is 9.78 Å². The number of carbonyl (C=O) groups is 1. The third kappa shape index (κ3) is 2.43. The largest absolute Gasteiger partial charge is 0.332 e. The van der Waals surface area contributed by atoms with Gasteiger partial charge in [0, 0.05) is 37.9 Å². The van der Waals surface area contributed by atoms with Crippen LogP contribution in [0, 0.1) is 0 Å². The zero-order valence-electron chi connectivity index (χ0n) is 18.7. The van der Waals surface area contributed by atoms with Crippen LogP contribution in [0.4, 0.5) is 0 Å². The summed E-state index contributed by atoms with van der Waals surface area (Å²) in [5.74, 6) is -1.56. The van der Waals surface area contributed by atoms with E-state index in [1.54, 1.807) is 0 Å². The van der Waals surface area contributed by atoms with Crippen LogP contribution < -0.4 is 11.2 Å². The minimum Gasteiger partial charge on any atom is -0.328 e. The minimum atomic E-state index is -3.11. The van der Waals surface area contributed by atoms with E-state index in [1.807, 2.05) is 0 Å². The molecule has 0 radical (unpaired) electrons. The molecule has 0 N–H and O–H groups in total. The van der Waals surface area contributed by atoms with Crippen molar-refractivity contribution < 1.29 is 15.8 Å². The molecular weight excluding hydrogens is 260 g/mol. The molecule has 2 heterocycles. The van der Waals surface area contributed by atoms with E-state index in [9.17, 15) is 14.4 Å². The van der Waals surface area contributed by atoms with E-state index >= 15 is 0 Å². The summed E-state index contributed by atoms with van der Waals surface area (Å²) in [6, 6.07) is 0. The summed E-state index contributed by atoms with van der Waals surface area (Å²) in [5, 5.41) is 0. The Labute approximate surface area is 126 Å². The number of aryl methyl sites for hydroxylation is 2. The molecule has 0 amide bonds. The number of imidazole rings is 1. The average Bonchev–Trinajstić information content (AvgIpc) is 3.00. The summed E-state index contributed by atoms with van der Waals surface area (Å²) in [5.41, 5.74) is -2.15. The Morgan fingerprint density at radius 3 is 2.95 bits per heavy atom. The molecule has 0 atom stereocenters. The van der Waals surface area contributed by atoms with Crippen molar-refractivity contribution in [3.63, 3.8) is 0 Å². The van der Waals surface area contributed by atoms with E-state index in [0.717, 1.165) is 10.9 Å². The van der Waals surface area contributed by atoms with Crippen molar-refractivity contribution in [1.29, 1.82) is 0 Å². The first kappa shape index (κ1) is 7.01. The summed E-state index contributed by atoms with van der Waals surface area (Å²) >= 11 is 0. The molecule has 7 heteroatoms. The maximum Gasteiger partial charge on any atom is 0.332 e. The van der Waals surface area contributed by atoms with Gasteiger partial charge in [0.1, 0.15) is 5.78 Å². The van der Waals surface area contributed by atoms with Gasteiger partial charge >= 0.3 is 5.69 Å². The van der Waals surface area contributed by atoms with Crippen LogP contribution in [0.3, 0.4) is 0 Å². The average molecular weight is 286 g/mol. The summed E-state index contributed by atoms with van der Waals surface area (Å²) in [6.07, 6.45) is -2.46. The van der Waals surface area contributed by atoms with Gasteiger partial charge in [0.25, 0.3) is 5.56 Å². The monoisotopic (exact) mass is 286 g/mol. The fraction of sp³-hybridized carbons (Fsp3) is 0.538. The molecule has 0 bridgehead atoms. The predicted octanol–water partition coefficient (Wildman–Crippen LogP) is 0.193. The smallest absolute Gasteiger partial charge is 0.328 e. The topological polar surface area (TPSA) is 78.9 Å². The molecule has 0 unspecified atom stereocenters. The maximum absolute atomic E-state index is 12.7. The van der Waals surface area contributed by atoms with Gasteiger partial charge in [0.05, 0.1) is 6.33 Å². The second-order valence-corrected chi connectivity index (χ2v) is 4.19. The number of ketones is 1. The second-order valence-electron chi connectivity index (χ2n) is 4.19. The van der Waals surface area contributed by atoms with Crippen molar-refractivity contribution in [2.45, 2.75) is 32.6 Å². The van der Waals surface area contributed by atoms with Crippen molar-refractivity contribution in [2.75, 3.05) is 0 Å². The highest BCUT2D eigenvalue weighted by Gasteiger charge is 2.14. The lowest BCUT2D eigenvalue weighted by Gasteiger charge is -2.08. The quantitative estimate of drug-likeness (QED) is 0.786. The van der Waals surface area contributed by atoms with Crippen molar-refractivity contribution in [3.05, 3.63) is 27.2 Å². The molecule has 2 aromatic rings. The maximum atomic E-state index is 12.7. The van der Waals surface area contributed by atoms with Gasteiger partial charge < -0.3 is 9.36 Å². The molecule has 0 saturated heterocycles. The third-order valence-electron chi connectivity index (χ3n) is 2.88. The fourth-order valence-electron chi connectivity index (χ4n) is 1.91. The number of Topliss-reactive ketones (excluding diaryl/α,β-unsaturated/α-hetero) is 1.